The summed E-state index contributed by atoms with van der Waals surface area (Å²) in [5, 5.41) is 3.14. The molecule has 6 heteroatoms. The molecule has 1 N–H and O–H groups in total. The Morgan fingerprint density at radius 2 is 2.06 bits per heavy atom. The maximum atomic E-state index is 11.8. The quantitative estimate of drug-likeness (QED) is 0.872. The van der Waals surface area contributed by atoms with Crippen LogP contribution >= 0.6 is 39.1 Å². The second kappa shape index (κ2) is 5.12. The smallest absolute Gasteiger partial charge is 0.260 e. The van der Waals surface area contributed by atoms with Crippen molar-refractivity contribution in [3.05, 3.63) is 50.8 Å². The van der Waals surface area contributed by atoms with Crippen LogP contribution < -0.4 is 5.32 Å². The van der Waals surface area contributed by atoms with Crippen molar-refractivity contribution in [3.63, 3.8) is 0 Å². The van der Waals surface area contributed by atoms with E-state index in [0.717, 1.165) is 4.47 Å². The van der Waals surface area contributed by atoms with E-state index in [1.807, 2.05) is 0 Å². The molecule has 3 nitrogen and oxygen atoms in total. The lowest BCUT2D eigenvalue weighted by molar-refractivity contribution is 0.102. The maximum Gasteiger partial charge on any atom is 0.260 e. The number of benzene rings is 1. The summed E-state index contributed by atoms with van der Waals surface area (Å²) in [5.74, 6) is -0.372. The number of halogens is 3. The van der Waals surface area contributed by atoms with Crippen LogP contribution in [0, 0.1) is 0 Å². The van der Waals surface area contributed by atoms with Crippen molar-refractivity contribution in [3.8, 4) is 0 Å². The molecule has 0 unspecified atom stereocenters. The van der Waals surface area contributed by atoms with Gasteiger partial charge in [0.05, 0.1) is 22.5 Å². The number of furan rings is 1. The Bertz CT molecular complexity index is 568. The van der Waals surface area contributed by atoms with Crippen molar-refractivity contribution >= 4 is 50.7 Å². The van der Waals surface area contributed by atoms with Gasteiger partial charge in [0.15, 0.2) is 0 Å². The van der Waals surface area contributed by atoms with Gasteiger partial charge >= 0.3 is 0 Å². The third-order valence-corrected chi connectivity index (χ3v) is 3.15. The third kappa shape index (κ3) is 2.83. The van der Waals surface area contributed by atoms with Crippen molar-refractivity contribution < 1.29 is 9.21 Å². The van der Waals surface area contributed by atoms with Crippen molar-refractivity contribution in [2.24, 2.45) is 0 Å². The first kappa shape index (κ1) is 12.5. The summed E-state index contributed by atoms with van der Waals surface area (Å²) < 4.78 is 5.65. The van der Waals surface area contributed by atoms with E-state index in [2.05, 4.69) is 21.2 Å². The maximum absolute atomic E-state index is 11.8. The van der Waals surface area contributed by atoms with E-state index in [4.69, 9.17) is 27.6 Å². The molecule has 0 atom stereocenters. The molecular formula is C11H6BrCl2NO2. The molecule has 0 fully saturated rings. The molecule has 1 amide bonds. The van der Waals surface area contributed by atoms with E-state index in [1.54, 1.807) is 18.2 Å². The molecule has 1 heterocycles. The van der Waals surface area contributed by atoms with Crippen LogP contribution in [0.2, 0.25) is 10.2 Å². The molecule has 0 spiro atoms. The van der Waals surface area contributed by atoms with Gasteiger partial charge in [-0.05, 0) is 35.9 Å². The number of nitrogens with one attached hydrogen (secondary N) is 1. The number of amides is 1. The van der Waals surface area contributed by atoms with Crippen LogP contribution in [0.15, 0.2) is 39.4 Å². The van der Waals surface area contributed by atoms with Gasteiger partial charge in [-0.3, -0.25) is 4.79 Å². The van der Waals surface area contributed by atoms with Gasteiger partial charge in [-0.2, -0.15) is 0 Å². The number of hydrogen-bond donors (Lipinski definition) is 1. The summed E-state index contributed by atoms with van der Waals surface area (Å²) in [5.41, 5.74) is 0.769. The van der Waals surface area contributed by atoms with Gasteiger partial charge in [0.1, 0.15) is 0 Å². The molecule has 2 rings (SSSR count). The second-order valence-corrected chi connectivity index (χ2v) is 4.85. The fourth-order valence-corrected chi connectivity index (χ4v) is 1.96. The van der Waals surface area contributed by atoms with Gasteiger partial charge in [-0.15, -0.1) is 0 Å². The van der Waals surface area contributed by atoms with Gasteiger partial charge in [-0.25, -0.2) is 0 Å². The van der Waals surface area contributed by atoms with Crippen molar-refractivity contribution in [2.45, 2.75) is 0 Å². The first-order chi connectivity index (χ1) is 8.08. The topological polar surface area (TPSA) is 42.2 Å². The zero-order chi connectivity index (χ0) is 12.4. The van der Waals surface area contributed by atoms with Crippen LogP contribution in [0.4, 0.5) is 5.69 Å². The van der Waals surface area contributed by atoms with E-state index < -0.39 is 0 Å². The number of rotatable bonds is 2. The van der Waals surface area contributed by atoms with Gasteiger partial charge in [0, 0.05) is 4.47 Å². The summed E-state index contributed by atoms with van der Waals surface area (Å²) in [4.78, 5) is 11.8. The van der Waals surface area contributed by atoms with Crippen molar-refractivity contribution in [2.75, 3.05) is 5.32 Å². The van der Waals surface area contributed by atoms with Gasteiger partial charge in [0.25, 0.3) is 5.91 Å². The standard InChI is InChI=1S/C11H6BrCl2NO2/c12-6-1-2-8(13)9(5-6)15-11(16)7-3-4-17-10(7)14/h1-5H,(H,15,16). The molecule has 0 bridgehead atoms. The first-order valence-corrected chi connectivity index (χ1v) is 6.12. The lowest BCUT2D eigenvalue weighted by Crippen LogP contribution is -2.11. The molecule has 88 valence electrons. The minimum absolute atomic E-state index is 0.0496. The van der Waals surface area contributed by atoms with E-state index in [-0.39, 0.29) is 16.7 Å². The summed E-state index contributed by atoms with van der Waals surface area (Å²) in [7, 11) is 0. The molecule has 0 radical (unpaired) electrons. The van der Waals surface area contributed by atoms with E-state index in [1.165, 1.54) is 12.3 Å². The normalized spacial score (nSPS) is 10.3. The Kier molecular flexibility index (Phi) is 3.76. The molecule has 0 saturated carbocycles. The minimum atomic E-state index is -0.372. The van der Waals surface area contributed by atoms with E-state index in [9.17, 15) is 4.79 Å². The number of anilines is 1. The molecule has 0 aliphatic heterocycles. The molecule has 1 aromatic heterocycles. The third-order valence-electron chi connectivity index (χ3n) is 2.04. The van der Waals surface area contributed by atoms with Crippen LogP contribution in [-0.4, -0.2) is 5.91 Å². The van der Waals surface area contributed by atoms with Crippen LogP contribution in [0.5, 0.6) is 0 Å². The summed E-state index contributed by atoms with van der Waals surface area (Å²) in [6.07, 6.45) is 1.35. The Hall–Kier alpha value is -0.970. The molecule has 0 aliphatic carbocycles. The van der Waals surface area contributed by atoms with Crippen LogP contribution in [0.1, 0.15) is 10.4 Å². The predicted molar refractivity (Wildman–Crippen MR) is 70.8 cm³/mol. The zero-order valence-electron chi connectivity index (χ0n) is 8.34. The molecule has 0 saturated heterocycles. The molecule has 1 aromatic carbocycles. The number of carbonyl (C=O) groups is 1. The summed E-state index contributed by atoms with van der Waals surface area (Å²) >= 11 is 14.9. The van der Waals surface area contributed by atoms with Crippen LogP contribution in [0.25, 0.3) is 0 Å². The van der Waals surface area contributed by atoms with E-state index in [0.29, 0.717) is 10.7 Å². The Balaban J connectivity index is 2.24. The van der Waals surface area contributed by atoms with Gasteiger partial charge in [-0.1, -0.05) is 27.5 Å². The van der Waals surface area contributed by atoms with Crippen LogP contribution in [-0.2, 0) is 0 Å². The first-order valence-electron chi connectivity index (χ1n) is 4.57. The Morgan fingerprint density at radius 3 is 2.71 bits per heavy atom. The fourth-order valence-electron chi connectivity index (χ4n) is 1.24. The van der Waals surface area contributed by atoms with Gasteiger partial charge < -0.3 is 9.73 Å². The second-order valence-electron chi connectivity index (χ2n) is 3.19. The Labute approximate surface area is 116 Å². The fraction of sp³-hybridized carbons (Fsp3) is 0. The SMILES string of the molecule is O=C(Nc1cc(Br)ccc1Cl)c1ccoc1Cl. The lowest BCUT2D eigenvalue weighted by atomic mass is 10.3. The Morgan fingerprint density at radius 1 is 1.29 bits per heavy atom. The van der Waals surface area contributed by atoms with Crippen molar-refractivity contribution in [1.29, 1.82) is 0 Å². The summed E-state index contributed by atoms with van der Waals surface area (Å²) in [6, 6.07) is 6.65. The molecule has 0 aliphatic rings. The average molecular weight is 335 g/mol. The molecule has 17 heavy (non-hydrogen) atoms. The van der Waals surface area contributed by atoms with Crippen molar-refractivity contribution in [1.82, 2.24) is 0 Å². The molecule has 2 aromatic rings. The molecular weight excluding hydrogens is 329 g/mol. The minimum Gasteiger partial charge on any atom is -0.452 e. The number of hydrogen-bond acceptors (Lipinski definition) is 2. The summed E-state index contributed by atoms with van der Waals surface area (Å²) in [6.45, 7) is 0. The van der Waals surface area contributed by atoms with E-state index >= 15 is 0 Å². The predicted octanol–water partition coefficient (Wildman–Crippen LogP) is 4.60. The number of carbonyl (C=O) groups excluding carboxylic acids is 1. The largest absolute Gasteiger partial charge is 0.452 e. The highest BCUT2D eigenvalue weighted by Crippen LogP contribution is 2.27. The zero-order valence-corrected chi connectivity index (χ0v) is 11.4. The highest BCUT2D eigenvalue weighted by atomic mass is 79.9. The van der Waals surface area contributed by atoms with Gasteiger partial charge in [0.2, 0.25) is 5.22 Å². The monoisotopic (exact) mass is 333 g/mol. The average Bonchev–Trinajstić information content (AvgIpc) is 2.70. The van der Waals surface area contributed by atoms with Crippen LogP contribution in [0.3, 0.4) is 0 Å². The highest BCUT2D eigenvalue weighted by molar-refractivity contribution is 9.10. The lowest BCUT2D eigenvalue weighted by Gasteiger charge is -2.06. The highest BCUT2D eigenvalue weighted by Gasteiger charge is 2.14.